The summed E-state index contributed by atoms with van der Waals surface area (Å²) in [6.07, 6.45) is 2.92. The zero-order valence-electron chi connectivity index (χ0n) is 19.0. The average molecular weight is 518 g/mol. The Morgan fingerprint density at radius 1 is 1.00 bits per heavy atom. The first-order valence-electron chi connectivity index (χ1n) is 11.0. The molecule has 0 aliphatic carbocycles. The van der Waals surface area contributed by atoms with Crippen LogP contribution >= 0.6 is 11.6 Å². The van der Waals surface area contributed by atoms with E-state index in [1.807, 2.05) is 65.4 Å². The number of fused-ring (bicyclic) bond motifs is 1. The summed E-state index contributed by atoms with van der Waals surface area (Å²) in [5.74, 6) is -0.362. The van der Waals surface area contributed by atoms with E-state index in [4.69, 9.17) is 16.0 Å². The molecule has 2 unspecified atom stereocenters. The predicted molar refractivity (Wildman–Crippen MR) is 138 cm³/mol. The molecule has 180 valence electrons. The van der Waals surface area contributed by atoms with Gasteiger partial charge in [0.1, 0.15) is 5.92 Å². The molecule has 2 heterocycles. The van der Waals surface area contributed by atoms with Gasteiger partial charge in [0.05, 0.1) is 29.6 Å². The van der Waals surface area contributed by atoms with E-state index in [1.165, 1.54) is 0 Å². The van der Waals surface area contributed by atoms with E-state index >= 15 is 0 Å². The van der Waals surface area contributed by atoms with E-state index in [-0.39, 0.29) is 5.89 Å². The molecular formula is C26H20ClN5O3S. The number of nitrogens with one attached hydrogen (secondary N) is 1. The van der Waals surface area contributed by atoms with Crippen LogP contribution in [0, 0.1) is 11.3 Å². The first-order chi connectivity index (χ1) is 17.3. The van der Waals surface area contributed by atoms with Crippen molar-refractivity contribution < 1.29 is 12.8 Å². The Morgan fingerprint density at radius 2 is 1.75 bits per heavy atom. The van der Waals surface area contributed by atoms with Crippen LogP contribution < -0.4 is 4.72 Å². The van der Waals surface area contributed by atoms with Gasteiger partial charge < -0.3 is 8.98 Å². The second kappa shape index (κ2) is 9.49. The maximum Gasteiger partial charge on any atom is 0.247 e. The molecular weight excluding hydrogens is 498 g/mol. The smallest absolute Gasteiger partial charge is 0.247 e. The summed E-state index contributed by atoms with van der Waals surface area (Å²) in [7, 11) is -3.48. The lowest BCUT2D eigenvalue weighted by atomic mass is 9.93. The van der Waals surface area contributed by atoms with Crippen molar-refractivity contribution in [2.45, 2.75) is 12.0 Å². The zero-order chi connectivity index (χ0) is 25.3. The summed E-state index contributed by atoms with van der Waals surface area (Å²) < 4.78 is 34.2. The maximum absolute atomic E-state index is 11.9. The fourth-order valence-corrected chi connectivity index (χ4v) is 4.92. The van der Waals surface area contributed by atoms with Crippen molar-refractivity contribution in [3.05, 3.63) is 102 Å². The Labute approximate surface area is 212 Å². The molecule has 0 bridgehead atoms. The first kappa shape index (κ1) is 23.6. The molecule has 2 aromatic heterocycles. The van der Waals surface area contributed by atoms with Gasteiger partial charge in [-0.25, -0.2) is 8.42 Å². The summed E-state index contributed by atoms with van der Waals surface area (Å²) >= 11 is 6.14. The first-order valence-corrected chi connectivity index (χ1v) is 13.2. The molecule has 0 aliphatic heterocycles. The molecule has 5 aromatic rings. The number of hydrogen-bond acceptors (Lipinski definition) is 6. The monoisotopic (exact) mass is 517 g/mol. The van der Waals surface area contributed by atoms with Gasteiger partial charge in [0.2, 0.25) is 21.8 Å². The van der Waals surface area contributed by atoms with E-state index in [1.54, 1.807) is 24.3 Å². The topological polar surface area (TPSA) is 114 Å². The Balaban J connectivity index is 1.65. The van der Waals surface area contributed by atoms with Crippen molar-refractivity contribution in [2.75, 3.05) is 11.0 Å². The van der Waals surface area contributed by atoms with Crippen LogP contribution in [0.5, 0.6) is 0 Å². The lowest BCUT2D eigenvalue weighted by Gasteiger charge is -2.23. The van der Waals surface area contributed by atoms with Crippen LogP contribution in [0.4, 0.5) is 5.69 Å². The summed E-state index contributed by atoms with van der Waals surface area (Å²) in [5.41, 5.74) is 2.72. The van der Waals surface area contributed by atoms with E-state index in [9.17, 15) is 13.7 Å². The Bertz CT molecular complexity index is 1670. The molecule has 0 aliphatic rings. The molecule has 0 fully saturated rings. The Kier molecular flexibility index (Phi) is 6.22. The van der Waals surface area contributed by atoms with Gasteiger partial charge in [0.25, 0.3) is 0 Å². The van der Waals surface area contributed by atoms with Crippen molar-refractivity contribution in [3.8, 4) is 17.5 Å². The van der Waals surface area contributed by atoms with Gasteiger partial charge in [0, 0.05) is 22.2 Å². The van der Waals surface area contributed by atoms with Crippen LogP contribution in [0.2, 0.25) is 5.02 Å². The van der Waals surface area contributed by atoms with Crippen LogP contribution in [0.25, 0.3) is 22.4 Å². The van der Waals surface area contributed by atoms with E-state index < -0.39 is 22.0 Å². The molecule has 1 N–H and O–H groups in total. The maximum atomic E-state index is 11.9. The molecule has 0 spiro atoms. The molecule has 0 radical (unpaired) electrons. The minimum atomic E-state index is -3.48. The number of halogens is 1. The van der Waals surface area contributed by atoms with Crippen LogP contribution in [0.3, 0.4) is 0 Å². The Hall–Kier alpha value is -4.13. The second-order valence-corrected chi connectivity index (χ2v) is 10.4. The van der Waals surface area contributed by atoms with Crippen LogP contribution in [0.1, 0.15) is 23.4 Å². The molecule has 0 saturated heterocycles. The molecule has 5 rings (SSSR count). The molecule has 8 nitrogen and oxygen atoms in total. The number of benzene rings is 3. The molecule has 3 aromatic carbocycles. The quantitative estimate of drug-likeness (QED) is 0.300. The normalized spacial score (nSPS) is 13.2. The van der Waals surface area contributed by atoms with Crippen molar-refractivity contribution in [3.63, 3.8) is 0 Å². The fourth-order valence-electron chi connectivity index (χ4n) is 4.21. The van der Waals surface area contributed by atoms with Crippen molar-refractivity contribution in [2.24, 2.45) is 0 Å². The van der Waals surface area contributed by atoms with E-state index in [0.717, 1.165) is 22.9 Å². The predicted octanol–water partition coefficient (Wildman–Crippen LogP) is 5.61. The van der Waals surface area contributed by atoms with E-state index in [0.29, 0.717) is 22.0 Å². The van der Waals surface area contributed by atoms with Gasteiger partial charge in [0.15, 0.2) is 0 Å². The minimum absolute atomic E-state index is 0.170. The van der Waals surface area contributed by atoms with Gasteiger partial charge in [-0.2, -0.15) is 5.26 Å². The lowest BCUT2D eigenvalue weighted by Crippen LogP contribution is -2.18. The Morgan fingerprint density at radius 3 is 2.44 bits per heavy atom. The highest BCUT2D eigenvalue weighted by Gasteiger charge is 2.32. The third kappa shape index (κ3) is 4.69. The summed E-state index contributed by atoms with van der Waals surface area (Å²) in [4.78, 5) is 0. The summed E-state index contributed by atoms with van der Waals surface area (Å²) in [6, 6.07) is 25.4. The number of anilines is 1. The number of nitriles is 1. The van der Waals surface area contributed by atoms with Gasteiger partial charge in [-0.1, -0.05) is 48.0 Å². The fraction of sp³-hybridized carbons (Fsp3) is 0.115. The van der Waals surface area contributed by atoms with Crippen molar-refractivity contribution in [1.29, 1.82) is 5.26 Å². The number of sulfonamides is 1. The van der Waals surface area contributed by atoms with Gasteiger partial charge in [-0.15, -0.1) is 10.2 Å². The standard InChI is InChI=1S/C26H20ClN5O3S/c1-36(33,34)31-22-8-5-9-23-20(22)14-15-32(23)24(17-10-12-19(27)13-11-17)21(16-28)26-30-29-25(35-26)18-6-3-2-4-7-18/h2-15,21,24,31H,1H3. The molecule has 0 amide bonds. The highest BCUT2D eigenvalue weighted by molar-refractivity contribution is 7.92. The van der Waals surface area contributed by atoms with Crippen molar-refractivity contribution in [1.82, 2.24) is 14.8 Å². The van der Waals surface area contributed by atoms with Crippen LogP contribution in [-0.4, -0.2) is 29.4 Å². The van der Waals surface area contributed by atoms with Gasteiger partial charge in [-0.05, 0) is 48.0 Å². The summed E-state index contributed by atoms with van der Waals surface area (Å²) in [6.45, 7) is 0. The molecule has 36 heavy (non-hydrogen) atoms. The minimum Gasteiger partial charge on any atom is -0.419 e. The van der Waals surface area contributed by atoms with Crippen LogP contribution in [-0.2, 0) is 10.0 Å². The largest absolute Gasteiger partial charge is 0.419 e. The number of nitrogens with zero attached hydrogens (tertiary/aromatic N) is 4. The summed E-state index contributed by atoms with van der Waals surface area (Å²) in [5, 5.41) is 19.9. The highest BCUT2D eigenvalue weighted by Crippen LogP contribution is 2.38. The molecule has 10 heteroatoms. The number of aromatic nitrogens is 3. The number of hydrogen-bond donors (Lipinski definition) is 1. The third-order valence-electron chi connectivity index (χ3n) is 5.75. The third-order valence-corrected chi connectivity index (χ3v) is 6.59. The second-order valence-electron chi connectivity index (χ2n) is 8.25. The molecule has 0 saturated carbocycles. The van der Waals surface area contributed by atoms with E-state index in [2.05, 4.69) is 21.0 Å². The van der Waals surface area contributed by atoms with Gasteiger partial charge >= 0.3 is 0 Å². The SMILES string of the molecule is CS(=O)(=O)Nc1cccc2c1ccn2C(c1ccc(Cl)cc1)C(C#N)c1nnc(-c2ccccc2)o1. The average Bonchev–Trinajstić information content (AvgIpc) is 3.51. The van der Waals surface area contributed by atoms with Gasteiger partial charge in [-0.3, -0.25) is 4.72 Å². The molecule has 2 atom stereocenters. The van der Waals surface area contributed by atoms with Crippen molar-refractivity contribution >= 4 is 38.2 Å². The zero-order valence-corrected chi connectivity index (χ0v) is 20.6. The van der Waals surface area contributed by atoms with Crippen LogP contribution in [0.15, 0.2) is 89.5 Å². The number of rotatable bonds is 7. The lowest BCUT2D eigenvalue weighted by molar-refractivity contribution is 0.432. The highest BCUT2D eigenvalue weighted by atomic mass is 35.5.